The number of nitrogens with one attached hydrogen (secondary N) is 1. The van der Waals surface area contributed by atoms with Gasteiger partial charge in [-0.15, -0.1) is 10.2 Å². The van der Waals surface area contributed by atoms with Crippen molar-refractivity contribution in [2.75, 3.05) is 5.75 Å². The molecule has 0 bridgehead atoms. The van der Waals surface area contributed by atoms with Gasteiger partial charge in [-0.05, 0) is 32.6 Å². The molecular formula is C14H24N4OS. The van der Waals surface area contributed by atoms with Gasteiger partial charge in [-0.3, -0.25) is 4.79 Å². The van der Waals surface area contributed by atoms with Gasteiger partial charge in [-0.25, -0.2) is 0 Å². The summed E-state index contributed by atoms with van der Waals surface area (Å²) in [7, 11) is 0. The molecule has 1 aromatic rings. The lowest BCUT2D eigenvalue weighted by molar-refractivity contribution is -0.119. The SMILES string of the molecule is CC1CCCCC1NC(=O)CSc1nncn1C(C)C. The Morgan fingerprint density at radius 3 is 2.95 bits per heavy atom. The summed E-state index contributed by atoms with van der Waals surface area (Å²) >= 11 is 1.46. The first-order valence-corrected chi connectivity index (χ1v) is 8.38. The third kappa shape index (κ3) is 3.98. The number of hydrogen-bond acceptors (Lipinski definition) is 4. The van der Waals surface area contributed by atoms with E-state index in [1.54, 1.807) is 6.33 Å². The molecule has 112 valence electrons. The minimum Gasteiger partial charge on any atom is -0.352 e. The highest BCUT2D eigenvalue weighted by Gasteiger charge is 2.23. The molecule has 2 atom stereocenters. The monoisotopic (exact) mass is 296 g/mol. The van der Waals surface area contributed by atoms with Crippen LogP contribution in [0.3, 0.4) is 0 Å². The van der Waals surface area contributed by atoms with Crippen LogP contribution in [0.2, 0.25) is 0 Å². The summed E-state index contributed by atoms with van der Waals surface area (Å²) in [5.74, 6) is 1.11. The first-order chi connectivity index (χ1) is 9.58. The molecule has 1 heterocycles. The summed E-state index contributed by atoms with van der Waals surface area (Å²) in [5, 5.41) is 12.0. The Hall–Kier alpha value is -1.04. The first kappa shape index (κ1) is 15.4. The van der Waals surface area contributed by atoms with E-state index in [1.807, 2.05) is 4.57 Å². The number of aromatic nitrogens is 3. The van der Waals surface area contributed by atoms with Crippen LogP contribution < -0.4 is 5.32 Å². The summed E-state index contributed by atoms with van der Waals surface area (Å²) in [6.07, 6.45) is 6.57. The van der Waals surface area contributed by atoms with E-state index in [2.05, 4.69) is 36.3 Å². The Balaban J connectivity index is 1.81. The number of thioether (sulfide) groups is 1. The van der Waals surface area contributed by atoms with Gasteiger partial charge in [0.15, 0.2) is 5.16 Å². The summed E-state index contributed by atoms with van der Waals surface area (Å²) in [4.78, 5) is 12.0. The molecule has 2 unspecified atom stereocenters. The minimum atomic E-state index is 0.104. The maximum absolute atomic E-state index is 12.0. The molecular weight excluding hydrogens is 272 g/mol. The molecule has 5 nitrogen and oxygen atoms in total. The zero-order valence-corrected chi connectivity index (χ0v) is 13.3. The summed E-state index contributed by atoms with van der Waals surface area (Å²) < 4.78 is 1.99. The van der Waals surface area contributed by atoms with Crippen LogP contribution in [0.25, 0.3) is 0 Å². The largest absolute Gasteiger partial charge is 0.352 e. The highest BCUT2D eigenvalue weighted by Crippen LogP contribution is 2.24. The van der Waals surface area contributed by atoms with E-state index in [0.29, 0.717) is 23.8 Å². The van der Waals surface area contributed by atoms with Crippen LogP contribution in [0.4, 0.5) is 0 Å². The van der Waals surface area contributed by atoms with Gasteiger partial charge in [0.25, 0.3) is 0 Å². The van der Waals surface area contributed by atoms with Crippen molar-refractivity contribution in [3.05, 3.63) is 6.33 Å². The van der Waals surface area contributed by atoms with Crippen LogP contribution in [0.5, 0.6) is 0 Å². The zero-order chi connectivity index (χ0) is 14.5. The molecule has 0 radical (unpaired) electrons. The molecule has 1 N–H and O–H groups in total. The highest BCUT2D eigenvalue weighted by atomic mass is 32.2. The minimum absolute atomic E-state index is 0.104. The van der Waals surface area contributed by atoms with Crippen molar-refractivity contribution in [2.45, 2.75) is 63.7 Å². The van der Waals surface area contributed by atoms with Crippen LogP contribution in [0.15, 0.2) is 11.5 Å². The summed E-state index contributed by atoms with van der Waals surface area (Å²) in [6, 6.07) is 0.661. The fourth-order valence-corrected chi connectivity index (χ4v) is 3.45. The van der Waals surface area contributed by atoms with Crippen LogP contribution in [-0.2, 0) is 4.79 Å². The van der Waals surface area contributed by atoms with Crippen molar-refractivity contribution in [3.8, 4) is 0 Å². The molecule has 1 aliphatic rings. The topological polar surface area (TPSA) is 59.8 Å². The molecule has 1 aliphatic carbocycles. The molecule has 0 spiro atoms. The normalized spacial score (nSPS) is 23.0. The molecule has 20 heavy (non-hydrogen) atoms. The van der Waals surface area contributed by atoms with Crippen LogP contribution in [-0.4, -0.2) is 32.5 Å². The number of carbonyl (C=O) groups excluding carboxylic acids is 1. The number of rotatable bonds is 5. The maximum Gasteiger partial charge on any atom is 0.230 e. The van der Waals surface area contributed by atoms with Crippen molar-refractivity contribution in [3.63, 3.8) is 0 Å². The number of hydrogen-bond donors (Lipinski definition) is 1. The molecule has 1 aromatic heterocycles. The van der Waals surface area contributed by atoms with Gasteiger partial charge in [0, 0.05) is 12.1 Å². The lowest BCUT2D eigenvalue weighted by Crippen LogP contribution is -2.41. The molecule has 6 heteroatoms. The molecule has 0 aromatic carbocycles. The van der Waals surface area contributed by atoms with Crippen LogP contribution in [0, 0.1) is 5.92 Å². The highest BCUT2D eigenvalue weighted by molar-refractivity contribution is 7.99. The third-order valence-electron chi connectivity index (χ3n) is 3.89. The molecule has 1 amide bonds. The Kier molecular flexibility index (Phi) is 5.46. The average Bonchev–Trinajstić information content (AvgIpc) is 2.88. The summed E-state index contributed by atoms with van der Waals surface area (Å²) in [5.41, 5.74) is 0. The van der Waals surface area contributed by atoms with E-state index in [9.17, 15) is 4.79 Å². The lowest BCUT2D eigenvalue weighted by atomic mass is 9.86. The van der Waals surface area contributed by atoms with E-state index >= 15 is 0 Å². The van der Waals surface area contributed by atoms with Crippen molar-refractivity contribution in [1.29, 1.82) is 0 Å². The van der Waals surface area contributed by atoms with E-state index < -0.39 is 0 Å². The Labute approximate surface area is 124 Å². The van der Waals surface area contributed by atoms with E-state index in [-0.39, 0.29) is 5.91 Å². The molecule has 0 aliphatic heterocycles. The molecule has 1 fully saturated rings. The zero-order valence-electron chi connectivity index (χ0n) is 12.5. The summed E-state index contributed by atoms with van der Waals surface area (Å²) in [6.45, 7) is 6.39. The van der Waals surface area contributed by atoms with Gasteiger partial charge in [-0.1, -0.05) is 31.5 Å². The fraction of sp³-hybridized carbons (Fsp3) is 0.786. The Morgan fingerprint density at radius 1 is 1.50 bits per heavy atom. The van der Waals surface area contributed by atoms with Gasteiger partial charge in [0.05, 0.1) is 5.75 Å². The van der Waals surface area contributed by atoms with Crippen molar-refractivity contribution < 1.29 is 4.79 Å². The second-order valence-corrected chi connectivity index (χ2v) is 6.78. The molecule has 2 rings (SSSR count). The average molecular weight is 296 g/mol. The van der Waals surface area contributed by atoms with Crippen LogP contribution in [0.1, 0.15) is 52.5 Å². The number of nitrogens with zero attached hydrogens (tertiary/aromatic N) is 3. The lowest BCUT2D eigenvalue weighted by Gasteiger charge is -2.29. The Morgan fingerprint density at radius 2 is 2.25 bits per heavy atom. The van der Waals surface area contributed by atoms with Crippen LogP contribution >= 0.6 is 11.8 Å². The van der Waals surface area contributed by atoms with Crippen molar-refractivity contribution in [2.24, 2.45) is 5.92 Å². The molecule has 0 saturated heterocycles. The first-order valence-electron chi connectivity index (χ1n) is 7.39. The van der Waals surface area contributed by atoms with E-state index in [0.717, 1.165) is 11.6 Å². The van der Waals surface area contributed by atoms with Crippen molar-refractivity contribution in [1.82, 2.24) is 20.1 Å². The van der Waals surface area contributed by atoms with Gasteiger partial charge in [0.2, 0.25) is 5.91 Å². The fourth-order valence-electron chi connectivity index (χ4n) is 2.60. The molecule has 1 saturated carbocycles. The quantitative estimate of drug-likeness (QED) is 0.849. The van der Waals surface area contributed by atoms with Gasteiger partial charge in [0.1, 0.15) is 6.33 Å². The predicted octanol–water partition coefficient (Wildman–Crippen LogP) is 2.65. The number of carbonyl (C=O) groups is 1. The predicted molar refractivity (Wildman–Crippen MR) is 80.7 cm³/mol. The van der Waals surface area contributed by atoms with E-state index in [4.69, 9.17) is 0 Å². The van der Waals surface area contributed by atoms with Gasteiger partial charge < -0.3 is 9.88 Å². The van der Waals surface area contributed by atoms with Gasteiger partial charge >= 0.3 is 0 Å². The maximum atomic E-state index is 12.0. The van der Waals surface area contributed by atoms with E-state index in [1.165, 1.54) is 31.0 Å². The van der Waals surface area contributed by atoms with Gasteiger partial charge in [-0.2, -0.15) is 0 Å². The van der Waals surface area contributed by atoms with Crippen molar-refractivity contribution >= 4 is 17.7 Å². The second-order valence-electron chi connectivity index (χ2n) is 5.84. The standard InChI is InChI=1S/C14H24N4OS/c1-10(2)18-9-15-17-14(18)20-8-13(19)16-12-7-5-4-6-11(12)3/h9-12H,4-8H2,1-3H3,(H,16,19). The smallest absolute Gasteiger partial charge is 0.230 e. The second kappa shape index (κ2) is 7.11. The third-order valence-corrected chi connectivity index (χ3v) is 4.84. The Bertz CT molecular complexity index is 446. The number of amides is 1.